The van der Waals surface area contributed by atoms with Gasteiger partial charge in [-0.05, 0) is 52.3 Å². The van der Waals surface area contributed by atoms with E-state index in [1.165, 1.54) is 31.5 Å². The number of hydrogen-bond acceptors (Lipinski definition) is 3. The van der Waals surface area contributed by atoms with Gasteiger partial charge in [-0.2, -0.15) is 5.10 Å². The second-order valence-electron chi connectivity index (χ2n) is 6.66. The quantitative estimate of drug-likeness (QED) is 0.283. The van der Waals surface area contributed by atoms with E-state index >= 15 is 0 Å². The number of aryl methyl sites for hydroxylation is 3. The van der Waals surface area contributed by atoms with Gasteiger partial charge in [-0.1, -0.05) is 13.3 Å². The first-order valence-corrected chi connectivity index (χ1v) is 9.33. The lowest BCUT2D eigenvalue weighted by molar-refractivity contribution is 0.157. The first-order chi connectivity index (χ1) is 11.6. The summed E-state index contributed by atoms with van der Waals surface area (Å²) < 4.78 is 2.08. The highest BCUT2D eigenvalue weighted by Crippen LogP contribution is 2.15. The summed E-state index contributed by atoms with van der Waals surface area (Å²) in [6, 6.07) is 2.76. The van der Waals surface area contributed by atoms with E-state index in [9.17, 15) is 0 Å². The molecule has 0 amide bonds. The number of nitrogens with zero attached hydrogens (tertiary/aromatic N) is 4. The van der Waals surface area contributed by atoms with Crippen molar-refractivity contribution in [1.29, 1.82) is 0 Å². The van der Waals surface area contributed by atoms with Crippen molar-refractivity contribution < 1.29 is 0 Å². The molecule has 144 valence electrons. The molecule has 1 saturated heterocycles. The van der Waals surface area contributed by atoms with Crippen molar-refractivity contribution in [3.8, 4) is 0 Å². The highest BCUT2D eigenvalue weighted by Gasteiger charge is 2.20. The van der Waals surface area contributed by atoms with E-state index < -0.39 is 0 Å². The smallest absolute Gasteiger partial charge is 0.191 e. The van der Waals surface area contributed by atoms with Gasteiger partial charge in [0, 0.05) is 38.4 Å². The van der Waals surface area contributed by atoms with Gasteiger partial charge in [-0.3, -0.25) is 14.6 Å². The summed E-state index contributed by atoms with van der Waals surface area (Å²) in [7, 11) is 1.84. The first kappa shape index (κ1) is 22.2. The van der Waals surface area contributed by atoms with E-state index in [1.807, 2.05) is 14.0 Å². The number of piperidine rings is 1. The molecule has 0 saturated carbocycles. The third kappa shape index (κ3) is 7.13. The van der Waals surface area contributed by atoms with Crippen molar-refractivity contribution in [3.05, 3.63) is 17.5 Å². The van der Waals surface area contributed by atoms with Gasteiger partial charge >= 0.3 is 0 Å². The lowest BCUT2D eigenvalue weighted by Gasteiger charge is -2.35. The van der Waals surface area contributed by atoms with Gasteiger partial charge in [-0.25, -0.2) is 0 Å². The van der Waals surface area contributed by atoms with Crippen molar-refractivity contribution in [3.63, 3.8) is 0 Å². The van der Waals surface area contributed by atoms with Crippen LogP contribution in [0, 0.1) is 13.8 Å². The maximum Gasteiger partial charge on any atom is 0.191 e. The van der Waals surface area contributed by atoms with Crippen LogP contribution in [0.5, 0.6) is 0 Å². The van der Waals surface area contributed by atoms with Gasteiger partial charge in [0.25, 0.3) is 0 Å². The van der Waals surface area contributed by atoms with Crippen molar-refractivity contribution in [1.82, 2.24) is 25.3 Å². The molecule has 0 aliphatic carbocycles. The number of aromatic nitrogens is 2. The standard InChI is InChI=1S/C18H34N6.HI/c1-5-23-11-7-6-9-17(23)14-21-18(19-4)20-10-8-12-24-16(3)13-15(2)22-24;/h13,17H,5-12,14H2,1-4H3,(H2,19,20,21);1H. The van der Waals surface area contributed by atoms with Crippen LogP contribution in [0.25, 0.3) is 0 Å². The molecule has 1 aliphatic rings. The molecular weight excluding hydrogens is 427 g/mol. The van der Waals surface area contributed by atoms with Crippen molar-refractivity contribution in [2.45, 2.75) is 59.0 Å². The summed E-state index contributed by atoms with van der Waals surface area (Å²) in [5, 5.41) is 11.4. The molecule has 1 fully saturated rings. The van der Waals surface area contributed by atoms with E-state index in [1.54, 1.807) is 0 Å². The Morgan fingerprint density at radius 1 is 1.32 bits per heavy atom. The molecule has 2 rings (SSSR count). The first-order valence-electron chi connectivity index (χ1n) is 9.33. The minimum absolute atomic E-state index is 0. The minimum Gasteiger partial charge on any atom is -0.356 e. The van der Waals surface area contributed by atoms with Crippen LogP contribution in [0.2, 0.25) is 0 Å². The number of rotatable bonds is 7. The molecule has 1 aromatic heterocycles. The third-order valence-corrected chi connectivity index (χ3v) is 4.83. The Kier molecular flexibility index (Phi) is 10.4. The number of halogens is 1. The fourth-order valence-electron chi connectivity index (χ4n) is 3.48. The average molecular weight is 462 g/mol. The molecule has 1 atom stereocenters. The zero-order chi connectivity index (χ0) is 17.4. The Balaban J connectivity index is 0.00000312. The highest BCUT2D eigenvalue weighted by atomic mass is 127. The van der Waals surface area contributed by atoms with Crippen LogP contribution in [-0.2, 0) is 6.54 Å². The van der Waals surface area contributed by atoms with E-state index in [4.69, 9.17) is 0 Å². The van der Waals surface area contributed by atoms with Gasteiger partial charge in [0.1, 0.15) is 0 Å². The molecule has 25 heavy (non-hydrogen) atoms. The number of likely N-dealkylation sites (N-methyl/N-ethyl adjacent to an activating group) is 1. The monoisotopic (exact) mass is 462 g/mol. The molecule has 0 spiro atoms. The number of aliphatic imine (C=N–C) groups is 1. The molecule has 1 aromatic rings. The van der Waals surface area contributed by atoms with E-state index in [-0.39, 0.29) is 24.0 Å². The van der Waals surface area contributed by atoms with Gasteiger partial charge < -0.3 is 10.6 Å². The van der Waals surface area contributed by atoms with Crippen LogP contribution < -0.4 is 10.6 Å². The van der Waals surface area contributed by atoms with Gasteiger partial charge in [0.2, 0.25) is 0 Å². The predicted molar refractivity (Wildman–Crippen MR) is 116 cm³/mol. The lowest BCUT2D eigenvalue weighted by atomic mass is 10.0. The van der Waals surface area contributed by atoms with Gasteiger partial charge in [0.15, 0.2) is 5.96 Å². The molecule has 1 aliphatic heterocycles. The summed E-state index contributed by atoms with van der Waals surface area (Å²) >= 11 is 0. The maximum absolute atomic E-state index is 4.50. The molecule has 2 N–H and O–H groups in total. The Bertz CT molecular complexity index is 528. The average Bonchev–Trinajstić information content (AvgIpc) is 2.92. The van der Waals surface area contributed by atoms with Gasteiger partial charge in [0.05, 0.1) is 5.69 Å². The second-order valence-corrected chi connectivity index (χ2v) is 6.66. The lowest BCUT2D eigenvalue weighted by Crippen LogP contribution is -2.49. The molecule has 6 nitrogen and oxygen atoms in total. The third-order valence-electron chi connectivity index (χ3n) is 4.83. The summed E-state index contributed by atoms with van der Waals surface area (Å²) in [4.78, 5) is 6.92. The predicted octanol–water partition coefficient (Wildman–Crippen LogP) is 2.55. The number of nitrogens with one attached hydrogen (secondary N) is 2. The van der Waals surface area contributed by atoms with Crippen LogP contribution in [-0.4, -0.2) is 59.9 Å². The molecule has 7 heteroatoms. The second kappa shape index (κ2) is 11.7. The van der Waals surface area contributed by atoms with Crippen LogP contribution in [0.15, 0.2) is 11.1 Å². The summed E-state index contributed by atoms with van der Waals surface area (Å²) in [6.45, 7) is 11.6. The zero-order valence-corrected chi connectivity index (χ0v) is 18.5. The van der Waals surface area contributed by atoms with E-state index in [0.29, 0.717) is 6.04 Å². The topological polar surface area (TPSA) is 57.5 Å². The van der Waals surface area contributed by atoms with Crippen molar-refractivity contribution in [2.24, 2.45) is 4.99 Å². The van der Waals surface area contributed by atoms with Crippen molar-refractivity contribution >= 4 is 29.9 Å². The number of guanidine groups is 1. The molecular formula is C18H35IN6. The Morgan fingerprint density at radius 2 is 2.12 bits per heavy atom. The molecule has 0 bridgehead atoms. The summed E-state index contributed by atoms with van der Waals surface area (Å²) in [5.74, 6) is 0.907. The van der Waals surface area contributed by atoms with Crippen molar-refractivity contribution in [2.75, 3.05) is 33.2 Å². The zero-order valence-electron chi connectivity index (χ0n) is 16.2. The summed E-state index contributed by atoms with van der Waals surface area (Å²) in [6.07, 6.45) is 5.00. The fourth-order valence-corrected chi connectivity index (χ4v) is 3.48. The normalized spacial score (nSPS) is 18.7. The molecule has 2 heterocycles. The van der Waals surface area contributed by atoms with Gasteiger partial charge in [-0.15, -0.1) is 24.0 Å². The fraction of sp³-hybridized carbons (Fsp3) is 0.778. The van der Waals surface area contributed by atoms with Crippen LogP contribution in [0.4, 0.5) is 0 Å². The van der Waals surface area contributed by atoms with Crippen LogP contribution in [0.1, 0.15) is 44.0 Å². The molecule has 0 aromatic carbocycles. The van der Waals surface area contributed by atoms with Crippen LogP contribution >= 0.6 is 24.0 Å². The Labute approximate surface area is 169 Å². The number of likely N-dealkylation sites (tertiary alicyclic amines) is 1. The number of hydrogen-bond donors (Lipinski definition) is 2. The minimum atomic E-state index is 0. The Hall–Kier alpha value is -0.830. The largest absolute Gasteiger partial charge is 0.356 e. The maximum atomic E-state index is 4.50. The van der Waals surface area contributed by atoms with Crippen LogP contribution in [0.3, 0.4) is 0 Å². The van der Waals surface area contributed by atoms with E-state index in [2.05, 4.69) is 50.2 Å². The molecule has 1 unspecified atom stereocenters. The Morgan fingerprint density at radius 3 is 2.76 bits per heavy atom. The SMILES string of the molecule is CCN1CCCCC1CNC(=NC)NCCCn1nc(C)cc1C.I. The van der Waals surface area contributed by atoms with E-state index in [0.717, 1.165) is 44.3 Å². The summed E-state index contributed by atoms with van der Waals surface area (Å²) in [5.41, 5.74) is 2.32. The highest BCUT2D eigenvalue weighted by molar-refractivity contribution is 14.0. The molecule has 0 radical (unpaired) electrons.